The summed E-state index contributed by atoms with van der Waals surface area (Å²) in [5.41, 5.74) is 7.14. The highest BCUT2D eigenvalue weighted by atomic mass is 16.6. The van der Waals surface area contributed by atoms with Crippen LogP contribution in [0.15, 0.2) is 59.2 Å². The molecule has 7 nitrogen and oxygen atoms in total. The minimum Gasteiger partial charge on any atom is -0.497 e. The SMILES string of the molecule is CCOCC1=C(c2ccc(OC)cc2)C(=N)C(NOC)C(c2ccc(OC)cc2)=N1. The van der Waals surface area contributed by atoms with Gasteiger partial charge in [-0.15, -0.1) is 0 Å². The Labute approximate surface area is 176 Å². The average molecular weight is 409 g/mol. The van der Waals surface area contributed by atoms with E-state index in [0.29, 0.717) is 30.3 Å². The summed E-state index contributed by atoms with van der Waals surface area (Å²) >= 11 is 0. The predicted octanol–water partition coefficient (Wildman–Crippen LogP) is 3.49. The zero-order chi connectivity index (χ0) is 21.5. The maximum absolute atomic E-state index is 8.97. The van der Waals surface area contributed by atoms with Crippen molar-refractivity contribution in [1.29, 1.82) is 5.41 Å². The Hall–Kier alpha value is -3.00. The molecule has 2 N–H and O–H groups in total. The summed E-state index contributed by atoms with van der Waals surface area (Å²) in [7, 11) is 4.79. The largest absolute Gasteiger partial charge is 0.497 e. The first-order valence-electron chi connectivity index (χ1n) is 9.68. The molecule has 0 saturated carbocycles. The van der Waals surface area contributed by atoms with Gasteiger partial charge in [0.25, 0.3) is 0 Å². The number of hydrogen-bond acceptors (Lipinski definition) is 7. The second kappa shape index (κ2) is 10.2. The first-order valence-corrected chi connectivity index (χ1v) is 9.68. The first kappa shape index (κ1) is 21.7. The maximum Gasteiger partial charge on any atom is 0.118 e. The van der Waals surface area contributed by atoms with Crippen molar-refractivity contribution >= 4 is 17.0 Å². The fraction of sp³-hybridized carbons (Fsp3) is 0.304. The van der Waals surface area contributed by atoms with Crippen molar-refractivity contribution in [3.63, 3.8) is 0 Å². The van der Waals surface area contributed by atoms with E-state index >= 15 is 0 Å². The topological polar surface area (TPSA) is 85.2 Å². The fourth-order valence-electron chi connectivity index (χ4n) is 3.31. The Balaban J connectivity index is 2.13. The lowest BCUT2D eigenvalue weighted by Gasteiger charge is -2.28. The maximum atomic E-state index is 8.97. The lowest BCUT2D eigenvalue weighted by atomic mass is 9.87. The predicted molar refractivity (Wildman–Crippen MR) is 118 cm³/mol. The monoisotopic (exact) mass is 409 g/mol. The molecule has 0 amide bonds. The van der Waals surface area contributed by atoms with E-state index < -0.39 is 6.04 Å². The third-order valence-corrected chi connectivity index (χ3v) is 4.82. The molecule has 7 heteroatoms. The van der Waals surface area contributed by atoms with E-state index in [0.717, 1.165) is 28.2 Å². The van der Waals surface area contributed by atoms with Gasteiger partial charge < -0.3 is 24.5 Å². The van der Waals surface area contributed by atoms with Crippen LogP contribution in [0, 0.1) is 5.41 Å². The van der Waals surface area contributed by atoms with Gasteiger partial charge in [0, 0.05) is 12.2 Å². The summed E-state index contributed by atoms with van der Waals surface area (Å²) in [6.07, 6.45) is 0. The van der Waals surface area contributed by atoms with Gasteiger partial charge in [-0.1, -0.05) is 12.1 Å². The second-order valence-corrected chi connectivity index (χ2v) is 6.58. The molecule has 0 aromatic heterocycles. The molecule has 0 saturated heterocycles. The van der Waals surface area contributed by atoms with E-state index in [4.69, 9.17) is 29.4 Å². The molecule has 2 aromatic carbocycles. The molecule has 0 fully saturated rings. The van der Waals surface area contributed by atoms with E-state index in [9.17, 15) is 0 Å². The van der Waals surface area contributed by atoms with E-state index in [-0.39, 0.29) is 0 Å². The van der Waals surface area contributed by atoms with Gasteiger partial charge in [0.1, 0.15) is 17.5 Å². The summed E-state index contributed by atoms with van der Waals surface area (Å²) in [5, 5.41) is 8.97. The molecule has 0 radical (unpaired) electrons. The number of rotatable bonds is 9. The van der Waals surface area contributed by atoms with Crippen LogP contribution in [-0.4, -0.2) is 52.0 Å². The molecule has 158 valence electrons. The Morgan fingerprint density at radius 2 is 1.47 bits per heavy atom. The van der Waals surface area contributed by atoms with Crippen LogP contribution in [0.4, 0.5) is 0 Å². The number of benzene rings is 2. The minimum absolute atomic E-state index is 0.305. The highest BCUT2D eigenvalue weighted by molar-refractivity contribution is 6.36. The highest BCUT2D eigenvalue weighted by Crippen LogP contribution is 2.30. The van der Waals surface area contributed by atoms with Crippen molar-refractivity contribution in [3.8, 4) is 11.5 Å². The van der Waals surface area contributed by atoms with Crippen LogP contribution >= 0.6 is 0 Å². The number of hydrogen-bond donors (Lipinski definition) is 2. The van der Waals surface area contributed by atoms with E-state index in [1.54, 1.807) is 14.2 Å². The lowest BCUT2D eigenvalue weighted by Crippen LogP contribution is -2.45. The molecule has 2 aromatic rings. The second-order valence-electron chi connectivity index (χ2n) is 6.58. The normalized spacial score (nSPS) is 16.5. The number of methoxy groups -OCH3 is 2. The van der Waals surface area contributed by atoms with Gasteiger partial charge in [-0.25, -0.2) is 0 Å². The molecule has 30 heavy (non-hydrogen) atoms. The molecule has 1 aliphatic heterocycles. The van der Waals surface area contributed by atoms with Crippen molar-refractivity contribution in [2.45, 2.75) is 13.0 Å². The molecule has 1 heterocycles. The van der Waals surface area contributed by atoms with Crippen LogP contribution in [0.1, 0.15) is 18.1 Å². The average Bonchev–Trinajstić information content (AvgIpc) is 2.79. The summed E-state index contributed by atoms with van der Waals surface area (Å²) in [5.74, 6) is 1.51. The summed E-state index contributed by atoms with van der Waals surface area (Å²) in [6, 6.07) is 14.6. The molecule has 0 bridgehead atoms. The van der Waals surface area contributed by atoms with Gasteiger partial charge in [-0.3, -0.25) is 4.99 Å². The first-order chi connectivity index (χ1) is 14.6. The number of hydroxylamine groups is 1. The van der Waals surface area contributed by atoms with E-state index in [2.05, 4.69) is 5.48 Å². The number of nitrogens with one attached hydrogen (secondary N) is 2. The van der Waals surface area contributed by atoms with Crippen LogP contribution in [0.3, 0.4) is 0 Å². The molecule has 1 unspecified atom stereocenters. The van der Waals surface area contributed by atoms with E-state index in [1.807, 2.05) is 55.5 Å². The fourth-order valence-corrected chi connectivity index (χ4v) is 3.31. The summed E-state index contributed by atoms with van der Waals surface area (Å²) in [6.45, 7) is 2.80. The van der Waals surface area contributed by atoms with Gasteiger partial charge in [0.2, 0.25) is 0 Å². The zero-order valence-corrected chi connectivity index (χ0v) is 17.7. The van der Waals surface area contributed by atoms with Gasteiger partial charge >= 0.3 is 0 Å². The van der Waals surface area contributed by atoms with Gasteiger partial charge in [0.05, 0.1) is 45.1 Å². The molecular weight excluding hydrogens is 382 g/mol. The van der Waals surface area contributed by atoms with Gasteiger partial charge in [-0.2, -0.15) is 5.48 Å². The van der Waals surface area contributed by atoms with Crippen LogP contribution in [0.5, 0.6) is 11.5 Å². The van der Waals surface area contributed by atoms with Crippen molar-refractivity contribution in [3.05, 3.63) is 65.4 Å². The minimum atomic E-state index is -0.536. The molecule has 1 atom stereocenters. The van der Waals surface area contributed by atoms with Gasteiger partial charge in [0.15, 0.2) is 0 Å². The van der Waals surface area contributed by atoms with E-state index in [1.165, 1.54) is 7.11 Å². The number of ether oxygens (including phenoxy) is 3. The quantitative estimate of drug-likeness (QED) is 0.619. The Bertz CT molecular complexity index is 934. The van der Waals surface area contributed by atoms with Crippen molar-refractivity contribution < 1.29 is 19.0 Å². The number of nitrogens with zero attached hydrogens (tertiary/aromatic N) is 1. The molecule has 0 spiro atoms. The Kier molecular flexibility index (Phi) is 7.35. The van der Waals surface area contributed by atoms with Crippen molar-refractivity contribution in [2.75, 3.05) is 34.5 Å². The third kappa shape index (κ3) is 4.59. The molecule has 1 aliphatic rings. The van der Waals surface area contributed by atoms with Crippen LogP contribution in [0.25, 0.3) is 5.57 Å². The van der Waals surface area contributed by atoms with Crippen LogP contribution in [-0.2, 0) is 9.57 Å². The standard InChI is InChI=1S/C23H27N3O4/c1-5-30-14-19-20(15-6-10-17(27-2)11-7-15)21(24)23(26-29-4)22(25-19)16-8-12-18(28-3)13-9-16/h6-13,23-24,26H,5,14H2,1-4H3. The molecular formula is C23H27N3O4. The van der Waals surface area contributed by atoms with Crippen LogP contribution < -0.4 is 15.0 Å². The smallest absolute Gasteiger partial charge is 0.118 e. The summed E-state index contributed by atoms with van der Waals surface area (Å²) < 4.78 is 16.2. The molecule has 0 aliphatic carbocycles. The van der Waals surface area contributed by atoms with Crippen molar-refractivity contribution in [1.82, 2.24) is 5.48 Å². The Morgan fingerprint density at radius 1 is 0.900 bits per heavy atom. The highest BCUT2D eigenvalue weighted by Gasteiger charge is 2.32. The van der Waals surface area contributed by atoms with Gasteiger partial charge in [-0.05, 0) is 54.4 Å². The molecule has 3 rings (SSSR count). The van der Waals surface area contributed by atoms with Crippen LogP contribution in [0.2, 0.25) is 0 Å². The third-order valence-electron chi connectivity index (χ3n) is 4.82. The number of aliphatic imine (C=N–C) groups is 1. The Morgan fingerprint density at radius 3 is 1.97 bits per heavy atom. The van der Waals surface area contributed by atoms with Crippen molar-refractivity contribution in [2.24, 2.45) is 4.99 Å². The summed E-state index contributed by atoms with van der Waals surface area (Å²) in [4.78, 5) is 10.1. The lowest BCUT2D eigenvalue weighted by molar-refractivity contribution is 0.0927. The zero-order valence-electron chi connectivity index (χ0n) is 17.7.